The lowest BCUT2D eigenvalue weighted by Crippen LogP contribution is -2.35. The van der Waals surface area contributed by atoms with Gasteiger partial charge in [0.15, 0.2) is 0 Å². The van der Waals surface area contributed by atoms with Crippen LogP contribution >= 0.6 is 0 Å². The van der Waals surface area contributed by atoms with Crippen molar-refractivity contribution >= 4 is 29.0 Å². The van der Waals surface area contributed by atoms with Gasteiger partial charge in [-0.1, -0.05) is 30.3 Å². The van der Waals surface area contributed by atoms with Crippen molar-refractivity contribution in [1.82, 2.24) is 9.97 Å². The van der Waals surface area contributed by atoms with Crippen LogP contribution in [0.15, 0.2) is 60.9 Å². The van der Waals surface area contributed by atoms with E-state index in [9.17, 15) is 14.9 Å². The quantitative estimate of drug-likeness (QED) is 0.418. The first-order valence-corrected chi connectivity index (χ1v) is 10.4. The third-order valence-electron chi connectivity index (χ3n) is 5.66. The number of carbonyl (C=O) groups is 1. The van der Waals surface area contributed by atoms with Gasteiger partial charge < -0.3 is 15.3 Å². The highest BCUT2D eigenvalue weighted by atomic mass is 16.6. The predicted molar refractivity (Wildman–Crippen MR) is 120 cm³/mol. The Morgan fingerprint density at radius 3 is 2.41 bits per heavy atom. The Balaban J connectivity index is 1.49. The SMILES string of the molecule is O=C(O)c1ccc(Nc2ncnc(N3CCC(Cc4ccccc4)CC3)c2[N+](=O)[O-])cc1. The molecule has 164 valence electrons. The predicted octanol–water partition coefficient (Wildman–Crippen LogP) is 4.29. The molecule has 9 nitrogen and oxygen atoms in total. The standard InChI is InChI=1S/C23H23N5O4/c29-23(30)18-6-8-19(9-7-18)26-21-20(28(31)32)22(25-15-24-21)27-12-10-17(11-13-27)14-16-4-2-1-3-5-16/h1-9,15,17H,10-14H2,(H,29,30)(H,24,25,26). The van der Waals surface area contributed by atoms with E-state index < -0.39 is 10.9 Å². The molecule has 1 fully saturated rings. The Hall–Kier alpha value is -4.01. The second-order valence-electron chi connectivity index (χ2n) is 7.78. The average molecular weight is 433 g/mol. The van der Waals surface area contributed by atoms with Crippen LogP contribution in [-0.2, 0) is 6.42 Å². The molecule has 0 radical (unpaired) electrons. The molecule has 0 aliphatic carbocycles. The number of nitrogens with one attached hydrogen (secondary N) is 1. The molecular formula is C23H23N5O4. The molecular weight excluding hydrogens is 410 g/mol. The fourth-order valence-electron chi connectivity index (χ4n) is 3.99. The number of nitrogens with zero attached hydrogens (tertiary/aromatic N) is 4. The fourth-order valence-corrected chi connectivity index (χ4v) is 3.99. The van der Waals surface area contributed by atoms with Crippen molar-refractivity contribution in [3.05, 3.63) is 82.2 Å². The summed E-state index contributed by atoms with van der Waals surface area (Å²) in [6, 6.07) is 16.3. The summed E-state index contributed by atoms with van der Waals surface area (Å²) in [6.07, 6.45) is 4.16. The maximum absolute atomic E-state index is 11.9. The summed E-state index contributed by atoms with van der Waals surface area (Å²) in [5, 5.41) is 23.9. The number of hydrogen-bond donors (Lipinski definition) is 2. The zero-order valence-corrected chi connectivity index (χ0v) is 17.3. The number of piperidine rings is 1. The molecule has 1 aliphatic rings. The summed E-state index contributed by atoms with van der Waals surface area (Å²) < 4.78 is 0. The van der Waals surface area contributed by atoms with Gasteiger partial charge in [0.05, 0.1) is 10.5 Å². The van der Waals surface area contributed by atoms with Gasteiger partial charge in [-0.25, -0.2) is 14.8 Å². The number of rotatable bonds is 7. The van der Waals surface area contributed by atoms with E-state index in [1.54, 1.807) is 12.1 Å². The van der Waals surface area contributed by atoms with Crippen molar-refractivity contribution in [3.63, 3.8) is 0 Å². The van der Waals surface area contributed by atoms with Crippen LogP contribution in [0.4, 0.5) is 23.0 Å². The molecule has 0 amide bonds. The molecule has 2 N–H and O–H groups in total. The summed E-state index contributed by atoms with van der Waals surface area (Å²) in [5.41, 5.74) is 1.76. The van der Waals surface area contributed by atoms with Gasteiger partial charge in [-0.3, -0.25) is 10.1 Å². The van der Waals surface area contributed by atoms with Gasteiger partial charge in [-0.2, -0.15) is 0 Å². The number of nitro groups is 1. The van der Waals surface area contributed by atoms with Crippen molar-refractivity contribution in [2.75, 3.05) is 23.3 Å². The summed E-state index contributed by atoms with van der Waals surface area (Å²) in [7, 11) is 0. The van der Waals surface area contributed by atoms with Crippen molar-refractivity contribution in [1.29, 1.82) is 0 Å². The Kier molecular flexibility index (Phi) is 6.25. The number of aromatic carboxylic acids is 1. The molecule has 1 aliphatic heterocycles. The highest BCUT2D eigenvalue weighted by Gasteiger charge is 2.30. The largest absolute Gasteiger partial charge is 0.478 e. The average Bonchev–Trinajstić information content (AvgIpc) is 2.80. The molecule has 32 heavy (non-hydrogen) atoms. The molecule has 3 aromatic rings. The topological polar surface area (TPSA) is 121 Å². The highest BCUT2D eigenvalue weighted by molar-refractivity contribution is 5.88. The molecule has 4 rings (SSSR count). The fraction of sp³-hybridized carbons (Fsp3) is 0.261. The molecule has 0 spiro atoms. The van der Waals surface area contributed by atoms with Crippen molar-refractivity contribution in [2.24, 2.45) is 5.92 Å². The lowest BCUT2D eigenvalue weighted by atomic mass is 9.90. The van der Waals surface area contributed by atoms with Crippen LogP contribution in [0.25, 0.3) is 0 Å². The van der Waals surface area contributed by atoms with E-state index in [1.165, 1.54) is 24.0 Å². The van der Waals surface area contributed by atoms with E-state index in [4.69, 9.17) is 5.11 Å². The van der Waals surface area contributed by atoms with Crippen molar-refractivity contribution in [2.45, 2.75) is 19.3 Å². The zero-order chi connectivity index (χ0) is 22.5. The van der Waals surface area contributed by atoms with Crippen LogP contribution in [0.1, 0.15) is 28.8 Å². The molecule has 1 saturated heterocycles. The first-order chi connectivity index (χ1) is 15.5. The van der Waals surface area contributed by atoms with Crippen LogP contribution < -0.4 is 10.2 Å². The monoisotopic (exact) mass is 433 g/mol. The summed E-state index contributed by atoms with van der Waals surface area (Å²) in [4.78, 5) is 32.7. The Morgan fingerprint density at radius 2 is 1.78 bits per heavy atom. The highest BCUT2D eigenvalue weighted by Crippen LogP contribution is 2.35. The number of carboxylic acids is 1. The molecule has 1 aromatic heterocycles. The molecule has 9 heteroatoms. The molecule has 0 unspecified atom stereocenters. The third kappa shape index (κ3) is 4.83. The van der Waals surface area contributed by atoms with Crippen LogP contribution in [-0.4, -0.2) is 39.1 Å². The molecule has 0 saturated carbocycles. The normalized spacial score (nSPS) is 14.2. The van der Waals surface area contributed by atoms with Crippen molar-refractivity contribution < 1.29 is 14.8 Å². The summed E-state index contributed by atoms with van der Waals surface area (Å²) in [5.74, 6) is -0.135. The minimum Gasteiger partial charge on any atom is -0.478 e. The Bertz CT molecular complexity index is 1100. The van der Waals surface area contributed by atoms with E-state index in [0.717, 1.165) is 19.3 Å². The minimum atomic E-state index is -1.04. The lowest BCUT2D eigenvalue weighted by Gasteiger charge is -2.32. The number of carboxylic acid groups (broad SMARTS) is 1. The molecule has 2 aromatic carbocycles. The Morgan fingerprint density at radius 1 is 1.09 bits per heavy atom. The van der Waals surface area contributed by atoms with Gasteiger partial charge in [0.2, 0.25) is 11.6 Å². The van der Waals surface area contributed by atoms with Gasteiger partial charge in [0, 0.05) is 18.8 Å². The summed E-state index contributed by atoms with van der Waals surface area (Å²) in [6.45, 7) is 1.37. The van der Waals surface area contributed by atoms with E-state index in [0.29, 0.717) is 30.5 Å². The van der Waals surface area contributed by atoms with Gasteiger partial charge in [0.25, 0.3) is 0 Å². The number of benzene rings is 2. The maximum Gasteiger partial charge on any atom is 0.353 e. The van der Waals surface area contributed by atoms with Gasteiger partial charge in [-0.05, 0) is 55.0 Å². The maximum atomic E-state index is 11.9. The van der Waals surface area contributed by atoms with Crippen molar-refractivity contribution in [3.8, 4) is 0 Å². The van der Waals surface area contributed by atoms with E-state index in [2.05, 4.69) is 27.4 Å². The minimum absolute atomic E-state index is 0.0782. The first-order valence-electron chi connectivity index (χ1n) is 10.4. The molecule has 0 bridgehead atoms. The van der Waals surface area contributed by atoms with E-state index >= 15 is 0 Å². The number of hydrogen-bond acceptors (Lipinski definition) is 7. The first kappa shape index (κ1) is 21.2. The molecule has 2 heterocycles. The van der Waals surface area contributed by atoms with Crippen LogP contribution in [0.5, 0.6) is 0 Å². The van der Waals surface area contributed by atoms with Crippen LogP contribution in [0.3, 0.4) is 0 Å². The Labute approximate surface area is 184 Å². The van der Waals surface area contributed by atoms with Crippen LogP contribution in [0, 0.1) is 16.0 Å². The number of anilines is 3. The third-order valence-corrected chi connectivity index (χ3v) is 5.66. The lowest BCUT2D eigenvalue weighted by molar-refractivity contribution is -0.383. The van der Waals surface area contributed by atoms with Gasteiger partial charge in [-0.15, -0.1) is 0 Å². The second kappa shape index (κ2) is 9.42. The van der Waals surface area contributed by atoms with Crippen LogP contribution in [0.2, 0.25) is 0 Å². The number of aromatic nitrogens is 2. The second-order valence-corrected chi connectivity index (χ2v) is 7.78. The smallest absolute Gasteiger partial charge is 0.353 e. The molecule has 0 atom stereocenters. The van der Waals surface area contributed by atoms with Gasteiger partial charge in [0.1, 0.15) is 6.33 Å². The van der Waals surface area contributed by atoms with E-state index in [1.807, 2.05) is 23.1 Å². The summed E-state index contributed by atoms with van der Waals surface area (Å²) >= 11 is 0. The zero-order valence-electron chi connectivity index (χ0n) is 17.3. The van der Waals surface area contributed by atoms with E-state index in [-0.39, 0.29) is 17.1 Å². The van der Waals surface area contributed by atoms with Gasteiger partial charge >= 0.3 is 11.7 Å².